The second-order valence-electron chi connectivity index (χ2n) is 2.86. The van der Waals surface area contributed by atoms with Crippen molar-refractivity contribution in [2.24, 2.45) is 0 Å². The third kappa shape index (κ3) is 1.17. The molecular weight excluding hydrogens is 207 g/mol. The lowest BCUT2D eigenvalue weighted by Crippen LogP contribution is -2.13. The van der Waals surface area contributed by atoms with Gasteiger partial charge in [0, 0.05) is 0 Å². The van der Waals surface area contributed by atoms with Crippen molar-refractivity contribution >= 4 is 23.1 Å². The quantitative estimate of drug-likeness (QED) is 0.423. The Kier molecular flexibility index (Phi) is 1.75. The van der Waals surface area contributed by atoms with Gasteiger partial charge < -0.3 is 5.32 Å². The van der Waals surface area contributed by atoms with Crippen molar-refractivity contribution in [3.05, 3.63) is 33.6 Å². The maximum Gasteiger partial charge on any atom is 0.318 e. The van der Waals surface area contributed by atoms with E-state index in [2.05, 4.69) is 5.32 Å². The molecule has 0 bridgehead atoms. The van der Waals surface area contributed by atoms with Gasteiger partial charge in [0.25, 0.3) is 11.7 Å². The van der Waals surface area contributed by atoms with Crippen LogP contribution < -0.4 is 5.32 Å². The van der Waals surface area contributed by atoms with Crippen LogP contribution in [0, 0.1) is 15.9 Å². The van der Waals surface area contributed by atoms with Gasteiger partial charge in [-0.15, -0.1) is 0 Å². The normalized spacial score (nSPS) is 13.7. The van der Waals surface area contributed by atoms with Crippen LogP contribution in [0.5, 0.6) is 0 Å². The van der Waals surface area contributed by atoms with Crippen molar-refractivity contribution in [2.75, 3.05) is 5.32 Å². The minimum Gasteiger partial charge on any atom is -0.318 e. The molecular formula is C8H3FN2O4. The molecule has 0 fully saturated rings. The summed E-state index contributed by atoms with van der Waals surface area (Å²) in [6.07, 6.45) is 0. The number of hydrogen-bond acceptors (Lipinski definition) is 4. The molecule has 2 rings (SSSR count). The summed E-state index contributed by atoms with van der Waals surface area (Å²) in [6.45, 7) is 0. The summed E-state index contributed by atoms with van der Waals surface area (Å²) < 4.78 is 13.1. The maximum atomic E-state index is 13.1. The fourth-order valence-electron chi connectivity index (χ4n) is 1.37. The lowest BCUT2D eigenvalue weighted by molar-refractivity contribution is -0.387. The molecule has 7 heteroatoms. The number of anilines is 1. The van der Waals surface area contributed by atoms with Crippen molar-refractivity contribution in [3.63, 3.8) is 0 Å². The highest BCUT2D eigenvalue weighted by Crippen LogP contribution is 2.33. The van der Waals surface area contributed by atoms with Crippen LogP contribution in [0.25, 0.3) is 0 Å². The van der Waals surface area contributed by atoms with Crippen molar-refractivity contribution in [1.29, 1.82) is 0 Å². The number of nitrogens with zero attached hydrogens (tertiary/aromatic N) is 1. The van der Waals surface area contributed by atoms with Gasteiger partial charge in [-0.1, -0.05) is 0 Å². The van der Waals surface area contributed by atoms with E-state index in [1.165, 1.54) is 0 Å². The van der Waals surface area contributed by atoms with Crippen LogP contribution in [-0.2, 0) is 4.79 Å². The third-order valence-corrected chi connectivity index (χ3v) is 1.99. The first-order chi connectivity index (χ1) is 7.02. The number of amides is 1. The van der Waals surface area contributed by atoms with Crippen LogP contribution in [0.2, 0.25) is 0 Å². The van der Waals surface area contributed by atoms with Gasteiger partial charge in [0.1, 0.15) is 5.56 Å². The number of ketones is 1. The van der Waals surface area contributed by atoms with Gasteiger partial charge in [0.15, 0.2) is 0 Å². The third-order valence-electron chi connectivity index (χ3n) is 1.99. The lowest BCUT2D eigenvalue weighted by Gasteiger charge is -1.98. The number of fused-ring (bicyclic) bond motifs is 1. The van der Waals surface area contributed by atoms with Crippen molar-refractivity contribution in [1.82, 2.24) is 0 Å². The van der Waals surface area contributed by atoms with Crippen LogP contribution >= 0.6 is 0 Å². The number of Topliss-reactive ketones (excluding diaryl/α,β-unsaturated/α-hetero) is 1. The van der Waals surface area contributed by atoms with E-state index >= 15 is 0 Å². The molecule has 1 aliphatic rings. The highest BCUT2D eigenvalue weighted by Gasteiger charge is 2.37. The molecule has 76 valence electrons. The molecule has 0 spiro atoms. The Morgan fingerprint density at radius 1 is 1.33 bits per heavy atom. The second kappa shape index (κ2) is 2.84. The van der Waals surface area contributed by atoms with Gasteiger partial charge in [-0.25, -0.2) is 0 Å². The number of nitro groups is 1. The average molecular weight is 210 g/mol. The number of nitro benzene ring substituents is 1. The predicted octanol–water partition coefficient (Wildman–Crippen LogP) is 0.869. The summed E-state index contributed by atoms with van der Waals surface area (Å²) in [7, 11) is 0. The van der Waals surface area contributed by atoms with Gasteiger partial charge >= 0.3 is 5.69 Å². The van der Waals surface area contributed by atoms with Gasteiger partial charge in [-0.3, -0.25) is 19.7 Å². The molecule has 0 radical (unpaired) electrons. The van der Waals surface area contributed by atoms with E-state index in [4.69, 9.17) is 0 Å². The zero-order valence-electron chi connectivity index (χ0n) is 7.11. The number of carbonyl (C=O) groups excluding carboxylic acids is 2. The van der Waals surface area contributed by atoms with Crippen molar-refractivity contribution in [3.8, 4) is 0 Å². The van der Waals surface area contributed by atoms with Gasteiger partial charge in [0.05, 0.1) is 10.6 Å². The fourth-order valence-corrected chi connectivity index (χ4v) is 1.37. The number of rotatable bonds is 1. The van der Waals surface area contributed by atoms with Gasteiger partial charge in [-0.2, -0.15) is 4.39 Å². The molecule has 1 aliphatic heterocycles. The minimum absolute atomic E-state index is 0.0295. The van der Waals surface area contributed by atoms with E-state index in [0.29, 0.717) is 0 Å². The summed E-state index contributed by atoms with van der Waals surface area (Å²) >= 11 is 0. The summed E-state index contributed by atoms with van der Waals surface area (Å²) in [6, 6.07) is 1.94. The van der Waals surface area contributed by atoms with Gasteiger partial charge in [-0.05, 0) is 12.1 Å². The van der Waals surface area contributed by atoms with E-state index in [-0.39, 0.29) is 5.69 Å². The molecule has 0 aliphatic carbocycles. The standard InChI is InChI=1S/C8H3FN2O4/c9-3-1-2-4-5(6(3)11(14)15)7(12)8(13)10-4/h1-2H,(H,10,12,13). The first-order valence-electron chi connectivity index (χ1n) is 3.85. The Labute approximate surface area is 81.8 Å². The van der Waals surface area contributed by atoms with E-state index in [9.17, 15) is 24.1 Å². The number of benzene rings is 1. The Hall–Kier alpha value is -2.31. The second-order valence-corrected chi connectivity index (χ2v) is 2.86. The Balaban J connectivity index is 2.77. The van der Waals surface area contributed by atoms with Crippen LogP contribution in [0.3, 0.4) is 0 Å². The zero-order chi connectivity index (χ0) is 11.2. The molecule has 0 aromatic heterocycles. The average Bonchev–Trinajstić information content (AvgIpc) is 2.44. The Bertz CT molecular complexity index is 512. The zero-order valence-corrected chi connectivity index (χ0v) is 7.11. The van der Waals surface area contributed by atoms with E-state index < -0.39 is 33.7 Å². The monoisotopic (exact) mass is 210 g/mol. The lowest BCUT2D eigenvalue weighted by atomic mass is 10.1. The summed E-state index contributed by atoms with van der Waals surface area (Å²) in [5.74, 6) is -3.21. The number of halogens is 1. The van der Waals surface area contributed by atoms with Gasteiger partial charge in [0.2, 0.25) is 5.82 Å². The highest BCUT2D eigenvalue weighted by atomic mass is 19.1. The predicted molar refractivity (Wildman–Crippen MR) is 46.0 cm³/mol. The van der Waals surface area contributed by atoms with Crippen molar-refractivity contribution < 1.29 is 18.9 Å². The largest absolute Gasteiger partial charge is 0.318 e. The molecule has 1 aromatic carbocycles. The van der Waals surface area contributed by atoms with Crippen LogP contribution in [0.4, 0.5) is 15.8 Å². The smallest absolute Gasteiger partial charge is 0.318 e. The van der Waals surface area contributed by atoms with Crippen LogP contribution in [0.15, 0.2) is 12.1 Å². The first-order valence-corrected chi connectivity index (χ1v) is 3.85. The Morgan fingerprint density at radius 3 is 2.60 bits per heavy atom. The van der Waals surface area contributed by atoms with Crippen LogP contribution in [0.1, 0.15) is 10.4 Å². The minimum atomic E-state index is -1.14. The fraction of sp³-hybridized carbons (Fsp3) is 0. The van der Waals surface area contributed by atoms with E-state index in [1.54, 1.807) is 0 Å². The topological polar surface area (TPSA) is 89.3 Å². The van der Waals surface area contributed by atoms with Crippen LogP contribution in [-0.4, -0.2) is 16.6 Å². The SMILES string of the molecule is O=C1Nc2ccc(F)c([N+](=O)[O-])c2C1=O. The molecule has 1 amide bonds. The molecule has 15 heavy (non-hydrogen) atoms. The molecule has 1 aromatic rings. The molecule has 0 saturated carbocycles. The van der Waals surface area contributed by atoms with Crippen molar-refractivity contribution in [2.45, 2.75) is 0 Å². The summed E-state index contributed by atoms with van der Waals surface area (Å²) in [5, 5.41) is 12.6. The molecule has 6 nitrogen and oxygen atoms in total. The number of nitrogens with one attached hydrogen (secondary N) is 1. The highest BCUT2D eigenvalue weighted by molar-refractivity contribution is 6.52. The number of carbonyl (C=O) groups is 2. The molecule has 1 N–H and O–H groups in total. The number of hydrogen-bond donors (Lipinski definition) is 1. The van der Waals surface area contributed by atoms with E-state index in [0.717, 1.165) is 12.1 Å². The molecule has 0 saturated heterocycles. The molecule has 0 atom stereocenters. The Morgan fingerprint density at radius 2 is 2.00 bits per heavy atom. The summed E-state index contributed by atoms with van der Waals surface area (Å²) in [4.78, 5) is 31.6. The molecule has 1 heterocycles. The maximum absolute atomic E-state index is 13.1. The van der Waals surface area contributed by atoms with E-state index in [1.807, 2.05) is 0 Å². The summed E-state index contributed by atoms with van der Waals surface area (Å²) in [5.41, 5.74) is -1.50. The molecule has 0 unspecified atom stereocenters. The first kappa shape index (κ1) is 9.25.